The van der Waals surface area contributed by atoms with Gasteiger partial charge >= 0.3 is 0 Å². The number of fused-ring (bicyclic) bond motifs is 1. The first kappa shape index (κ1) is 17.5. The van der Waals surface area contributed by atoms with Crippen LogP contribution in [0, 0.1) is 0 Å². The van der Waals surface area contributed by atoms with Crippen LogP contribution in [0.4, 0.5) is 5.69 Å². The molecule has 3 rings (SSSR count). The quantitative estimate of drug-likeness (QED) is 0.658. The molecule has 1 amide bonds. The fourth-order valence-electron chi connectivity index (χ4n) is 2.81. The first-order chi connectivity index (χ1) is 12.1. The lowest BCUT2D eigenvalue weighted by Crippen LogP contribution is -2.29. The van der Waals surface area contributed by atoms with Gasteiger partial charge in [0.25, 0.3) is 0 Å². The van der Waals surface area contributed by atoms with Crippen molar-refractivity contribution in [3.8, 4) is 0 Å². The van der Waals surface area contributed by atoms with Crippen molar-refractivity contribution in [1.29, 1.82) is 0 Å². The number of hydrogen-bond donors (Lipinski definition) is 1. The van der Waals surface area contributed by atoms with Crippen molar-refractivity contribution in [3.05, 3.63) is 72.3 Å². The largest absolute Gasteiger partial charge is 0.325 e. The second-order valence-corrected chi connectivity index (χ2v) is 7.01. The standard InChI is InChI=1S/C21H22N2OS/c1-23(14-16-7-11-20(25-2)12-8-16)15-21(24)22-19-10-9-17-5-3-4-6-18(17)13-19/h3-13H,14-15H2,1-2H3,(H,22,24). The highest BCUT2D eigenvalue weighted by Gasteiger charge is 2.08. The summed E-state index contributed by atoms with van der Waals surface area (Å²) in [6, 6.07) is 22.6. The average molecular weight is 350 g/mol. The molecule has 3 aromatic rings. The highest BCUT2D eigenvalue weighted by Crippen LogP contribution is 2.19. The van der Waals surface area contributed by atoms with Gasteiger partial charge in [0.2, 0.25) is 5.91 Å². The zero-order valence-electron chi connectivity index (χ0n) is 14.5. The molecule has 3 aromatic carbocycles. The molecule has 0 bridgehead atoms. The zero-order chi connectivity index (χ0) is 17.6. The second-order valence-electron chi connectivity index (χ2n) is 6.13. The summed E-state index contributed by atoms with van der Waals surface area (Å²) in [7, 11) is 1.96. The van der Waals surface area contributed by atoms with Gasteiger partial charge in [0.15, 0.2) is 0 Å². The molecule has 0 radical (unpaired) electrons. The van der Waals surface area contributed by atoms with Crippen LogP contribution in [0.5, 0.6) is 0 Å². The number of benzene rings is 3. The third kappa shape index (κ3) is 4.84. The first-order valence-corrected chi connectivity index (χ1v) is 9.46. The van der Waals surface area contributed by atoms with Gasteiger partial charge < -0.3 is 5.32 Å². The fourth-order valence-corrected chi connectivity index (χ4v) is 3.22. The van der Waals surface area contributed by atoms with Gasteiger partial charge in [-0.05, 0) is 53.9 Å². The van der Waals surface area contributed by atoms with E-state index < -0.39 is 0 Å². The zero-order valence-corrected chi connectivity index (χ0v) is 15.3. The lowest BCUT2D eigenvalue weighted by Gasteiger charge is -2.16. The predicted molar refractivity (Wildman–Crippen MR) is 107 cm³/mol. The van der Waals surface area contributed by atoms with Crippen LogP contribution >= 0.6 is 11.8 Å². The topological polar surface area (TPSA) is 32.3 Å². The fraction of sp³-hybridized carbons (Fsp3) is 0.190. The van der Waals surface area contributed by atoms with Crippen LogP contribution in [0.1, 0.15) is 5.56 Å². The van der Waals surface area contributed by atoms with Crippen LogP contribution < -0.4 is 5.32 Å². The van der Waals surface area contributed by atoms with Crippen LogP contribution in [-0.2, 0) is 11.3 Å². The van der Waals surface area contributed by atoms with Gasteiger partial charge in [-0.3, -0.25) is 9.69 Å². The number of amides is 1. The van der Waals surface area contributed by atoms with Gasteiger partial charge in [0.1, 0.15) is 0 Å². The van der Waals surface area contributed by atoms with Crippen LogP contribution in [0.15, 0.2) is 71.6 Å². The smallest absolute Gasteiger partial charge is 0.238 e. The first-order valence-electron chi connectivity index (χ1n) is 8.24. The number of nitrogens with zero attached hydrogens (tertiary/aromatic N) is 1. The molecule has 0 aliphatic heterocycles. The summed E-state index contributed by atoms with van der Waals surface area (Å²) < 4.78 is 0. The van der Waals surface area contributed by atoms with Crippen molar-refractivity contribution in [2.24, 2.45) is 0 Å². The molecular weight excluding hydrogens is 328 g/mol. The van der Waals surface area contributed by atoms with Crippen molar-refractivity contribution in [2.45, 2.75) is 11.4 Å². The van der Waals surface area contributed by atoms with E-state index in [0.29, 0.717) is 6.54 Å². The third-order valence-corrected chi connectivity index (χ3v) is 4.80. The molecule has 0 heterocycles. The van der Waals surface area contributed by atoms with Crippen molar-refractivity contribution < 1.29 is 4.79 Å². The van der Waals surface area contributed by atoms with Gasteiger partial charge in [0.05, 0.1) is 6.54 Å². The Morgan fingerprint density at radius 1 is 1.00 bits per heavy atom. The molecule has 0 unspecified atom stereocenters. The molecule has 0 aliphatic rings. The van der Waals surface area contributed by atoms with Crippen LogP contribution in [-0.4, -0.2) is 30.7 Å². The number of nitrogens with one attached hydrogen (secondary N) is 1. The number of carbonyl (C=O) groups is 1. The lowest BCUT2D eigenvalue weighted by atomic mass is 10.1. The Morgan fingerprint density at radius 3 is 2.44 bits per heavy atom. The summed E-state index contributed by atoms with van der Waals surface area (Å²) in [4.78, 5) is 15.6. The number of anilines is 1. The maximum absolute atomic E-state index is 12.3. The van der Waals surface area contributed by atoms with E-state index in [4.69, 9.17) is 0 Å². The van der Waals surface area contributed by atoms with Crippen LogP contribution in [0.3, 0.4) is 0 Å². The van der Waals surface area contributed by atoms with Gasteiger partial charge in [-0.1, -0.05) is 42.5 Å². The summed E-state index contributed by atoms with van der Waals surface area (Å²) in [6.45, 7) is 1.11. The van der Waals surface area contributed by atoms with E-state index in [9.17, 15) is 4.79 Å². The van der Waals surface area contributed by atoms with Crippen molar-refractivity contribution >= 4 is 34.1 Å². The molecule has 0 saturated heterocycles. The van der Waals surface area contributed by atoms with Crippen molar-refractivity contribution in [1.82, 2.24) is 4.90 Å². The van der Waals surface area contributed by atoms with Crippen molar-refractivity contribution in [2.75, 3.05) is 25.2 Å². The van der Waals surface area contributed by atoms with Gasteiger partial charge in [-0.2, -0.15) is 0 Å². The van der Waals surface area contributed by atoms with E-state index in [2.05, 4.69) is 48.0 Å². The molecule has 3 nitrogen and oxygen atoms in total. The molecule has 0 saturated carbocycles. The summed E-state index contributed by atoms with van der Waals surface area (Å²) in [5.74, 6) is -0.00137. The highest BCUT2D eigenvalue weighted by atomic mass is 32.2. The Balaban J connectivity index is 1.56. The van der Waals surface area contributed by atoms with E-state index in [1.807, 2.05) is 42.3 Å². The Kier molecular flexibility index (Phi) is 5.74. The predicted octanol–water partition coefficient (Wildman–Crippen LogP) is 4.63. The van der Waals surface area contributed by atoms with Crippen LogP contribution in [0.25, 0.3) is 10.8 Å². The number of rotatable bonds is 6. The normalized spacial score (nSPS) is 11.0. The van der Waals surface area contributed by atoms with Gasteiger partial charge in [0, 0.05) is 17.1 Å². The third-order valence-electron chi connectivity index (χ3n) is 4.06. The summed E-state index contributed by atoms with van der Waals surface area (Å²) in [5, 5.41) is 5.28. The molecule has 0 aliphatic carbocycles. The van der Waals surface area contributed by atoms with Crippen LogP contribution in [0.2, 0.25) is 0 Å². The number of likely N-dealkylation sites (N-methyl/N-ethyl adjacent to an activating group) is 1. The molecule has 4 heteroatoms. The molecule has 25 heavy (non-hydrogen) atoms. The molecule has 0 atom stereocenters. The van der Waals surface area contributed by atoms with E-state index >= 15 is 0 Å². The number of thioether (sulfide) groups is 1. The Hall–Kier alpha value is -2.30. The number of hydrogen-bond acceptors (Lipinski definition) is 3. The van der Waals surface area contributed by atoms with E-state index in [1.165, 1.54) is 15.8 Å². The molecule has 0 fully saturated rings. The molecule has 0 aromatic heterocycles. The molecule has 0 spiro atoms. The van der Waals surface area contributed by atoms with Gasteiger partial charge in [-0.25, -0.2) is 0 Å². The number of carbonyl (C=O) groups excluding carboxylic acids is 1. The summed E-state index contributed by atoms with van der Waals surface area (Å²) in [5.41, 5.74) is 2.04. The molecular formula is C21H22N2OS. The summed E-state index contributed by atoms with van der Waals surface area (Å²) in [6.07, 6.45) is 2.07. The van der Waals surface area contributed by atoms with Crippen molar-refractivity contribution in [3.63, 3.8) is 0 Å². The summed E-state index contributed by atoms with van der Waals surface area (Å²) >= 11 is 1.73. The van der Waals surface area contributed by atoms with E-state index in [1.54, 1.807) is 11.8 Å². The van der Waals surface area contributed by atoms with E-state index in [0.717, 1.165) is 17.6 Å². The Bertz CT molecular complexity index is 861. The minimum atomic E-state index is -0.00137. The SMILES string of the molecule is CSc1ccc(CN(C)CC(=O)Nc2ccc3ccccc3c2)cc1. The minimum Gasteiger partial charge on any atom is -0.325 e. The lowest BCUT2D eigenvalue weighted by molar-refractivity contribution is -0.117. The molecule has 128 valence electrons. The maximum Gasteiger partial charge on any atom is 0.238 e. The Labute approximate surface area is 153 Å². The second kappa shape index (κ2) is 8.19. The molecule has 1 N–H and O–H groups in total. The monoisotopic (exact) mass is 350 g/mol. The van der Waals surface area contributed by atoms with E-state index in [-0.39, 0.29) is 5.91 Å². The Morgan fingerprint density at radius 2 is 1.72 bits per heavy atom. The highest BCUT2D eigenvalue weighted by molar-refractivity contribution is 7.98. The maximum atomic E-state index is 12.3. The minimum absolute atomic E-state index is 0.00137. The van der Waals surface area contributed by atoms with Gasteiger partial charge in [-0.15, -0.1) is 11.8 Å². The average Bonchev–Trinajstić information content (AvgIpc) is 2.62.